The summed E-state index contributed by atoms with van der Waals surface area (Å²) in [5, 5.41) is 6.87. The van der Waals surface area contributed by atoms with Crippen molar-refractivity contribution in [1.29, 1.82) is 0 Å². The number of carbonyl (C=O) groups is 1. The number of anilines is 2. The van der Waals surface area contributed by atoms with Crippen LogP contribution in [0, 0.1) is 13.8 Å². The van der Waals surface area contributed by atoms with Gasteiger partial charge in [-0.15, -0.1) is 0 Å². The Morgan fingerprint density at radius 1 is 1.12 bits per heavy atom. The molecule has 1 saturated heterocycles. The van der Waals surface area contributed by atoms with Gasteiger partial charge in [0.2, 0.25) is 0 Å². The van der Waals surface area contributed by atoms with Gasteiger partial charge in [-0.2, -0.15) is 0 Å². The normalized spacial score (nSPS) is 18.8. The van der Waals surface area contributed by atoms with Crippen molar-refractivity contribution in [2.45, 2.75) is 38.8 Å². The van der Waals surface area contributed by atoms with Crippen molar-refractivity contribution in [3.8, 4) is 0 Å². The van der Waals surface area contributed by atoms with Gasteiger partial charge in [-0.1, -0.05) is 12.1 Å². The van der Waals surface area contributed by atoms with Gasteiger partial charge in [-0.25, -0.2) is 9.97 Å². The number of hydrogen-bond donors (Lipinski definition) is 2. The van der Waals surface area contributed by atoms with E-state index in [4.69, 9.17) is 0 Å². The topological polar surface area (TPSA) is 70.2 Å². The monoisotopic (exact) mass is 337 g/mol. The van der Waals surface area contributed by atoms with Crippen LogP contribution in [-0.2, 0) is 11.3 Å². The van der Waals surface area contributed by atoms with E-state index in [1.165, 1.54) is 0 Å². The summed E-state index contributed by atoms with van der Waals surface area (Å²) in [5.41, 5.74) is 3.23. The quantitative estimate of drug-likeness (QED) is 0.879. The van der Waals surface area contributed by atoms with Gasteiger partial charge in [0.1, 0.15) is 11.4 Å². The van der Waals surface area contributed by atoms with Crippen LogP contribution in [0.4, 0.5) is 11.4 Å². The second kappa shape index (κ2) is 6.11. The van der Waals surface area contributed by atoms with Crippen molar-refractivity contribution >= 4 is 17.3 Å². The number of piperidine rings is 1. The van der Waals surface area contributed by atoms with Gasteiger partial charge >= 0.3 is 0 Å². The lowest BCUT2D eigenvalue weighted by Crippen LogP contribution is -2.61. The molecule has 0 bridgehead atoms. The van der Waals surface area contributed by atoms with E-state index in [0.717, 1.165) is 48.7 Å². The molecule has 1 aromatic carbocycles. The van der Waals surface area contributed by atoms with Crippen LogP contribution in [0.5, 0.6) is 0 Å². The van der Waals surface area contributed by atoms with Crippen LogP contribution < -0.4 is 15.5 Å². The van der Waals surface area contributed by atoms with E-state index >= 15 is 0 Å². The van der Waals surface area contributed by atoms with Crippen LogP contribution in [-0.4, -0.2) is 34.5 Å². The molecule has 1 amide bonds. The molecule has 3 heterocycles. The molecule has 0 aliphatic carbocycles. The third-order valence-corrected chi connectivity index (χ3v) is 5.01. The lowest BCUT2D eigenvalue weighted by molar-refractivity contribution is -0.124. The first-order valence-electron chi connectivity index (χ1n) is 8.78. The Bertz CT molecular complexity index is 793. The number of nitrogens with zero attached hydrogens (tertiary/aromatic N) is 3. The molecule has 1 aromatic heterocycles. The summed E-state index contributed by atoms with van der Waals surface area (Å²) in [5.74, 6) is 0.807. The SMILES string of the molecule is Cc1cc(C)nc(CN2C(=O)C3(CCNCC3)Nc3ccccc32)n1. The average Bonchev–Trinajstić information content (AvgIpc) is 2.59. The Kier molecular flexibility index (Phi) is 3.92. The van der Waals surface area contributed by atoms with Crippen LogP contribution in [0.2, 0.25) is 0 Å². The summed E-state index contributed by atoms with van der Waals surface area (Å²) in [6.07, 6.45) is 1.56. The number of benzene rings is 1. The minimum atomic E-state index is -0.529. The van der Waals surface area contributed by atoms with Crippen molar-refractivity contribution in [1.82, 2.24) is 15.3 Å². The number of fused-ring (bicyclic) bond motifs is 1. The van der Waals surface area contributed by atoms with E-state index in [1.54, 1.807) is 0 Å². The summed E-state index contributed by atoms with van der Waals surface area (Å²) < 4.78 is 0. The number of para-hydroxylation sites is 2. The second-order valence-corrected chi connectivity index (χ2v) is 6.93. The predicted octanol–water partition coefficient (Wildman–Crippen LogP) is 2.17. The highest BCUT2D eigenvalue weighted by atomic mass is 16.2. The lowest BCUT2D eigenvalue weighted by atomic mass is 9.84. The number of amides is 1. The maximum absolute atomic E-state index is 13.4. The number of carbonyl (C=O) groups excluding carboxylic acids is 1. The van der Waals surface area contributed by atoms with E-state index in [-0.39, 0.29) is 5.91 Å². The fourth-order valence-corrected chi connectivity index (χ4v) is 3.85. The molecule has 0 unspecified atom stereocenters. The van der Waals surface area contributed by atoms with E-state index in [2.05, 4.69) is 20.6 Å². The largest absolute Gasteiger partial charge is 0.369 e. The summed E-state index contributed by atoms with van der Waals surface area (Å²) in [7, 11) is 0. The molecule has 0 atom stereocenters. The molecule has 25 heavy (non-hydrogen) atoms. The molecule has 1 spiro atoms. The fraction of sp³-hybridized carbons (Fsp3) is 0.421. The summed E-state index contributed by atoms with van der Waals surface area (Å²) in [6.45, 7) is 6.00. The van der Waals surface area contributed by atoms with E-state index in [9.17, 15) is 4.79 Å². The van der Waals surface area contributed by atoms with Gasteiger partial charge in [0.05, 0.1) is 17.9 Å². The van der Waals surface area contributed by atoms with Crippen molar-refractivity contribution in [3.05, 3.63) is 47.5 Å². The molecule has 6 heteroatoms. The van der Waals surface area contributed by atoms with Gasteiger partial charge < -0.3 is 15.5 Å². The third kappa shape index (κ3) is 2.87. The van der Waals surface area contributed by atoms with E-state index in [1.807, 2.05) is 49.1 Å². The minimum Gasteiger partial charge on any atom is -0.369 e. The van der Waals surface area contributed by atoms with Crippen LogP contribution in [0.15, 0.2) is 30.3 Å². The zero-order valence-corrected chi connectivity index (χ0v) is 14.7. The van der Waals surface area contributed by atoms with Gasteiger partial charge in [0, 0.05) is 11.4 Å². The molecule has 1 fully saturated rings. The zero-order valence-electron chi connectivity index (χ0n) is 14.7. The van der Waals surface area contributed by atoms with Gasteiger partial charge in [0.25, 0.3) is 5.91 Å². The summed E-state index contributed by atoms with van der Waals surface area (Å²) in [4.78, 5) is 24.3. The Morgan fingerprint density at radius 3 is 2.52 bits per heavy atom. The molecule has 2 aliphatic rings. The molecule has 6 nitrogen and oxygen atoms in total. The smallest absolute Gasteiger partial charge is 0.253 e. The Morgan fingerprint density at radius 2 is 1.80 bits per heavy atom. The fourth-order valence-electron chi connectivity index (χ4n) is 3.85. The van der Waals surface area contributed by atoms with Crippen LogP contribution >= 0.6 is 0 Å². The van der Waals surface area contributed by atoms with Crippen LogP contribution in [0.1, 0.15) is 30.1 Å². The Balaban J connectivity index is 1.74. The van der Waals surface area contributed by atoms with Gasteiger partial charge in [-0.3, -0.25) is 4.79 Å². The molecule has 2 N–H and O–H groups in total. The van der Waals surface area contributed by atoms with E-state index in [0.29, 0.717) is 12.4 Å². The third-order valence-electron chi connectivity index (χ3n) is 5.01. The highest BCUT2D eigenvalue weighted by molar-refractivity contribution is 6.07. The molecule has 2 aliphatic heterocycles. The molecule has 0 radical (unpaired) electrons. The van der Waals surface area contributed by atoms with Gasteiger partial charge in [0.15, 0.2) is 0 Å². The molecular formula is C19H23N5O. The Labute approximate surface area is 147 Å². The minimum absolute atomic E-state index is 0.121. The predicted molar refractivity (Wildman–Crippen MR) is 97.6 cm³/mol. The first-order valence-corrected chi connectivity index (χ1v) is 8.78. The number of aromatic nitrogens is 2. The standard InChI is InChI=1S/C19H23N5O/c1-13-11-14(2)22-17(21-13)12-24-16-6-4-3-5-15(16)23-19(18(24)25)7-9-20-10-8-19/h3-6,11,20,23H,7-10,12H2,1-2H3. The van der Waals surface area contributed by atoms with Crippen molar-refractivity contribution in [3.63, 3.8) is 0 Å². The number of hydrogen-bond acceptors (Lipinski definition) is 5. The molecule has 4 rings (SSSR count). The molecule has 2 aromatic rings. The molecular weight excluding hydrogens is 314 g/mol. The van der Waals surface area contributed by atoms with Crippen molar-refractivity contribution in [2.75, 3.05) is 23.3 Å². The van der Waals surface area contributed by atoms with E-state index < -0.39 is 5.54 Å². The number of aryl methyl sites for hydroxylation is 2. The first-order chi connectivity index (χ1) is 12.1. The highest BCUT2D eigenvalue weighted by Gasteiger charge is 2.46. The highest BCUT2D eigenvalue weighted by Crippen LogP contribution is 2.39. The van der Waals surface area contributed by atoms with Crippen molar-refractivity contribution in [2.24, 2.45) is 0 Å². The number of nitrogens with one attached hydrogen (secondary N) is 2. The van der Waals surface area contributed by atoms with Crippen LogP contribution in [0.25, 0.3) is 0 Å². The first kappa shape index (κ1) is 16.0. The van der Waals surface area contributed by atoms with Crippen LogP contribution in [0.3, 0.4) is 0 Å². The zero-order chi connectivity index (χ0) is 17.4. The summed E-state index contributed by atoms with van der Waals surface area (Å²) >= 11 is 0. The maximum Gasteiger partial charge on any atom is 0.253 e. The number of rotatable bonds is 2. The average molecular weight is 337 g/mol. The van der Waals surface area contributed by atoms with Crippen molar-refractivity contribution < 1.29 is 4.79 Å². The van der Waals surface area contributed by atoms with Gasteiger partial charge in [-0.05, 0) is 58.0 Å². The molecule has 0 saturated carbocycles. The lowest BCUT2D eigenvalue weighted by Gasteiger charge is -2.45. The Hall–Kier alpha value is -2.47. The second-order valence-electron chi connectivity index (χ2n) is 6.93. The summed E-state index contributed by atoms with van der Waals surface area (Å²) in [6, 6.07) is 9.94. The maximum atomic E-state index is 13.4. The molecule has 130 valence electrons.